The SMILES string of the molecule is CS(=O)(=O)N1CCC(c2nc(C(=O)O)co2)CC1. The van der Waals surface area contributed by atoms with Gasteiger partial charge >= 0.3 is 5.97 Å². The molecule has 100 valence electrons. The minimum Gasteiger partial charge on any atom is -0.476 e. The van der Waals surface area contributed by atoms with E-state index in [1.54, 1.807) is 0 Å². The molecular weight excluding hydrogens is 260 g/mol. The lowest BCUT2D eigenvalue weighted by Crippen LogP contribution is -2.37. The van der Waals surface area contributed by atoms with Crippen LogP contribution in [0.5, 0.6) is 0 Å². The number of piperidine rings is 1. The van der Waals surface area contributed by atoms with Gasteiger partial charge in [0.15, 0.2) is 11.6 Å². The first kappa shape index (κ1) is 13.0. The third-order valence-corrected chi connectivity index (χ3v) is 4.32. The predicted molar refractivity (Wildman–Crippen MR) is 61.9 cm³/mol. The molecule has 2 heterocycles. The predicted octanol–water partition coefficient (Wildman–Crippen LogP) is 0.512. The minimum absolute atomic E-state index is 0.0175. The van der Waals surface area contributed by atoms with Crippen LogP contribution >= 0.6 is 0 Å². The zero-order valence-electron chi connectivity index (χ0n) is 9.87. The zero-order valence-corrected chi connectivity index (χ0v) is 10.7. The van der Waals surface area contributed by atoms with E-state index in [1.807, 2.05) is 0 Å². The van der Waals surface area contributed by atoms with Crippen LogP contribution in [0.3, 0.4) is 0 Å². The van der Waals surface area contributed by atoms with Crippen LogP contribution < -0.4 is 0 Å². The number of oxazole rings is 1. The van der Waals surface area contributed by atoms with Crippen LogP contribution in [0.15, 0.2) is 10.7 Å². The Balaban J connectivity index is 2.03. The van der Waals surface area contributed by atoms with Gasteiger partial charge in [0, 0.05) is 19.0 Å². The molecule has 0 bridgehead atoms. The lowest BCUT2D eigenvalue weighted by Gasteiger charge is -2.28. The molecule has 1 aromatic rings. The average Bonchev–Trinajstić information content (AvgIpc) is 2.77. The van der Waals surface area contributed by atoms with Crippen LogP contribution in [0.2, 0.25) is 0 Å². The van der Waals surface area contributed by atoms with E-state index in [0.717, 1.165) is 6.26 Å². The summed E-state index contributed by atoms with van der Waals surface area (Å²) in [5, 5.41) is 8.74. The van der Waals surface area contributed by atoms with Crippen molar-refractivity contribution in [2.24, 2.45) is 0 Å². The highest BCUT2D eigenvalue weighted by Crippen LogP contribution is 2.28. The summed E-state index contributed by atoms with van der Waals surface area (Å²) < 4.78 is 29.2. The molecule has 1 aromatic heterocycles. The van der Waals surface area contributed by atoms with E-state index in [9.17, 15) is 13.2 Å². The number of carboxylic acids is 1. The quantitative estimate of drug-likeness (QED) is 0.862. The number of aromatic nitrogens is 1. The molecule has 0 aliphatic carbocycles. The standard InChI is InChI=1S/C10H14N2O5S/c1-18(15,16)12-4-2-7(3-5-12)9-11-8(6-17-9)10(13)14/h6-7H,2-5H2,1H3,(H,13,14). The number of hydrogen-bond donors (Lipinski definition) is 1. The monoisotopic (exact) mass is 274 g/mol. The molecule has 1 aliphatic rings. The molecule has 0 amide bonds. The van der Waals surface area contributed by atoms with Gasteiger partial charge in [0.25, 0.3) is 0 Å². The molecule has 2 rings (SSSR count). The van der Waals surface area contributed by atoms with Crippen molar-refractivity contribution in [1.82, 2.24) is 9.29 Å². The third kappa shape index (κ3) is 2.70. The molecule has 18 heavy (non-hydrogen) atoms. The van der Waals surface area contributed by atoms with Gasteiger partial charge in [-0.3, -0.25) is 0 Å². The van der Waals surface area contributed by atoms with E-state index in [-0.39, 0.29) is 11.6 Å². The van der Waals surface area contributed by atoms with Crippen molar-refractivity contribution in [2.75, 3.05) is 19.3 Å². The van der Waals surface area contributed by atoms with Crippen LogP contribution in [0.25, 0.3) is 0 Å². The molecule has 7 nitrogen and oxygen atoms in total. The van der Waals surface area contributed by atoms with E-state index in [2.05, 4.69) is 4.98 Å². The molecule has 0 unspecified atom stereocenters. The largest absolute Gasteiger partial charge is 0.476 e. The van der Waals surface area contributed by atoms with E-state index >= 15 is 0 Å². The maximum atomic E-state index is 11.3. The van der Waals surface area contributed by atoms with Gasteiger partial charge in [-0.25, -0.2) is 22.5 Å². The number of carbonyl (C=O) groups is 1. The number of aromatic carboxylic acids is 1. The fourth-order valence-electron chi connectivity index (χ4n) is 2.01. The Morgan fingerprint density at radius 1 is 1.50 bits per heavy atom. The Morgan fingerprint density at radius 3 is 2.56 bits per heavy atom. The summed E-state index contributed by atoms with van der Waals surface area (Å²) in [6, 6.07) is 0. The van der Waals surface area contributed by atoms with Crippen molar-refractivity contribution < 1.29 is 22.7 Å². The maximum Gasteiger partial charge on any atom is 0.357 e. The molecule has 1 N–H and O–H groups in total. The molecule has 1 fully saturated rings. The van der Waals surface area contributed by atoms with Crippen LogP contribution in [-0.4, -0.2) is 48.1 Å². The van der Waals surface area contributed by atoms with Gasteiger partial charge in [0.2, 0.25) is 10.0 Å². The highest BCUT2D eigenvalue weighted by molar-refractivity contribution is 7.88. The molecule has 8 heteroatoms. The second kappa shape index (κ2) is 4.69. The van der Waals surface area contributed by atoms with Crippen molar-refractivity contribution in [1.29, 1.82) is 0 Å². The minimum atomic E-state index is -3.15. The topological polar surface area (TPSA) is 101 Å². The summed E-state index contributed by atoms with van der Waals surface area (Å²) in [7, 11) is -3.15. The Bertz CT molecular complexity index is 542. The van der Waals surface area contributed by atoms with Gasteiger partial charge in [0.1, 0.15) is 6.26 Å². The summed E-state index contributed by atoms with van der Waals surface area (Å²) in [4.78, 5) is 14.6. The number of nitrogens with zero attached hydrogens (tertiary/aromatic N) is 2. The van der Waals surface area contributed by atoms with Crippen LogP contribution in [-0.2, 0) is 10.0 Å². The van der Waals surface area contributed by atoms with E-state index < -0.39 is 16.0 Å². The first-order valence-electron chi connectivity index (χ1n) is 5.52. The second-order valence-corrected chi connectivity index (χ2v) is 6.29. The lowest BCUT2D eigenvalue weighted by atomic mass is 9.98. The normalized spacial score (nSPS) is 18.9. The fourth-order valence-corrected chi connectivity index (χ4v) is 2.88. The van der Waals surface area contributed by atoms with Crippen molar-refractivity contribution >= 4 is 16.0 Å². The van der Waals surface area contributed by atoms with Gasteiger partial charge in [0.05, 0.1) is 6.26 Å². The summed E-state index contributed by atoms with van der Waals surface area (Å²) in [6.45, 7) is 0.822. The van der Waals surface area contributed by atoms with Crippen molar-refractivity contribution in [3.63, 3.8) is 0 Å². The fraction of sp³-hybridized carbons (Fsp3) is 0.600. The van der Waals surface area contributed by atoms with Gasteiger partial charge in [-0.1, -0.05) is 0 Å². The Hall–Kier alpha value is -1.41. The molecule has 0 atom stereocenters. The first-order chi connectivity index (χ1) is 8.38. The smallest absolute Gasteiger partial charge is 0.357 e. The number of hydrogen-bond acceptors (Lipinski definition) is 5. The number of sulfonamides is 1. The van der Waals surface area contributed by atoms with Crippen LogP contribution in [0.1, 0.15) is 35.1 Å². The Morgan fingerprint density at radius 2 is 2.11 bits per heavy atom. The average molecular weight is 274 g/mol. The Kier molecular flexibility index (Phi) is 3.40. The van der Waals surface area contributed by atoms with Crippen molar-refractivity contribution in [3.05, 3.63) is 17.8 Å². The summed E-state index contributed by atoms with van der Waals surface area (Å²) >= 11 is 0. The lowest BCUT2D eigenvalue weighted by molar-refractivity contribution is 0.0690. The highest BCUT2D eigenvalue weighted by atomic mass is 32.2. The molecule has 0 saturated carbocycles. The van der Waals surface area contributed by atoms with E-state index in [0.29, 0.717) is 31.8 Å². The third-order valence-electron chi connectivity index (χ3n) is 3.01. The maximum absolute atomic E-state index is 11.3. The number of carboxylic acid groups (broad SMARTS) is 1. The van der Waals surface area contributed by atoms with Gasteiger partial charge in [-0.2, -0.15) is 0 Å². The van der Waals surface area contributed by atoms with Crippen molar-refractivity contribution in [2.45, 2.75) is 18.8 Å². The molecule has 1 aliphatic heterocycles. The molecule has 1 saturated heterocycles. The second-order valence-electron chi connectivity index (χ2n) is 4.31. The molecular formula is C10H14N2O5S. The van der Waals surface area contributed by atoms with Crippen LogP contribution in [0, 0.1) is 0 Å². The Labute approximate surface area is 104 Å². The van der Waals surface area contributed by atoms with Crippen molar-refractivity contribution in [3.8, 4) is 0 Å². The van der Waals surface area contributed by atoms with E-state index in [1.165, 1.54) is 10.6 Å². The summed E-state index contributed by atoms with van der Waals surface area (Å²) in [5.74, 6) is -0.768. The van der Waals surface area contributed by atoms with E-state index in [4.69, 9.17) is 9.52 Å². The highest BCUT2D eigenvalue weighted by Gasteiger charge is 2.28. The molecule has 0 spiro atoms. The van der Waals surface area contributed by atoms with Crippen LogP contribution in [0.4, 0.5) is 0 Å². The summed E-state index contributed by atoms with van der Waals surface area (Å²) in [6.07, 6.45) is 3.47. The zero-order chi connectivity index (χ0) is 13.3. The molecule has 0 radical (unpaired) electrons. The number of rotatable bonds is 3. The molecule has 0 aromatic carbocycles. The van der Waals surface area contributed by atoms with Gasteiger partial charge < -0.3 is 9.52 Å². The van der Waals surface area contributed by atoms with Gasteiger partial charge in [-0.05, 0) is 12.8 Å². The van der Waals surface area contributed by atoms with Gasteiger partial charge in [-0.15, -0.1) is 0 Å². The first-order valence-corrected chi connectivity index (χ1v) is 7.36. The summed E-state index contributed by atoms with van der Waals surface area (Å²) in [5.41, 5.74) is -0.115.